The number of halogens is 8. The fraction of sp³-hybridized carbons (Fsp3) is 0.455. The number of hydrogen-bond acceptors (Lipinski definition) is 2. The molecule has 12 heteroatoms. The Morgan fingerprint density at radius 2 is 0.826 bits per heavy atom. The first-order valence-electron chi connectivity index (χ1n) is 5.07. The summed E-state index contributed by atoms with van der Waals surface area (Å²) in [6.45, 7) is 9.20. The van der Waals surface area contributed by atoms with E-state index in [2.05, 4.69) is 13.2 Å². The maximum Gasteiger partial charge on any atom is 0.463 e. The Kier molecular flexibility index (Phi) is 10.2. The third-order valence-electron chi connectivity index (χ3n) is 1.44. The van der Waals surface area contributed by atoms with Gasteiger partial charge in [0.2, 0.25) is 0 Å². The van der Waals surface area contributed by atoms with E-state index in [1.165, 1.54) is 13.8 Å². The van der Waals surface area contributed by atoms with Crippen molar-refractivity contribution in [3.8, 4) is 0 Å². The van der Waals surface area contributed by atoms with Crippen LogP contribution in [-0.2, 0) is 9.59 Å². The second kappa shape index (κ2) is 9.10. The lowest BCUT2D eigenvalue weighted by Gasteiger charge is -2.21. The lowest BCUT2D eigenvalue weighted by Crippen LogP contribution is -2.49. The summed E-state index contributed by atoms with van der Waals surface area (Å²) < 4.78 is 87.5. The largest absolute Gasteiger partial charge is 0.478 e. The molecule has 0 aliphatic rings. The van der Waals surface area contributed by atoms with Gasteiger partial charge < -0.3 is 10.2 Å². The van der Waals surface area contributed by atoms with Gasteiger partial charge >= 0.3 is 30.2 Å². The summed E-state index contributed by atoms with van der Waals surface area (Å²) in [5.74, 6) is -8.50. The van der Waals surface area contributed by atoms with Gasteiger partial charge in [-0.15, -0.1) is 0 Å². The Balaban J connectivity index is -0.000000284. The second-order valence-corrected chi connectivity index (χ2v) is 3.74. The molecule has 0 aromatic heterocycles. The summed E-state index contributed by atoms with van der Waals surface area (Å²) in [5.41, 5.74) is 0.352. The zero-order valence-corrected chi connectivity index (χ0v) is 11.6. The van der Waals surface area contributed by atoms with E-state index in [9.17, 15) is 44.7 Å². The molecule has 2 N–H and O–H groups in total. The predicted molar refractivity (Wildman–Crippen MR) is 62.0 cm³/mol. The molecule has 0 heterocycles. The standard InChI is InChI=1S/2C4H6O2.C3F8/c2*1-3(2)4(5)6;4-1(5,2(6,7)8)3(9,10)11/h2*1H2,2H3,(H,5,6);. The van der Waals surface area contributed by atoms with Crippen LogP contribution in [-0.4, -0.2) is 40.4 Å². The van der Waals surface area contributed by atoms with E-state index in [0.717, 1.165) is 0 Å². The van der Waals surface area contributed by atoms with Crippen LogP contribution in [0.15, 0.2) is 24.3 Å². The number of carboxylic acid groups (broad SMARTS) is 2. The monoisotopic (exact) mass is 360 g/mol. The zero-order chi connectivity index (χ0) is 19.8. The highest BCUT2D eigenvalue weighted by atomic mass is 19.5. The molecule has 23 heavy (non-hydrogen) atoms. The van der Waals surface area contributed by atoms with E-state index >= 15 is 0 Å². The van der Waals surface area contributed by atoms with Gasteiger partial charge in [-0.2, -0.15) is 35.1 Å². The molecule has 4 nitrogen and oxygen atoms in total. The fourth-order valence-electron chi connectivity index (χ4n) is 0.161. The Labute approximate surface area is 124 Å². The van der Waals surface area contributed by atoms with Crippen molar-refractivity contribution in [2.75, 3.05) is 0 Å². The van der Waals surface area contributed by atoms with Crippen LogP contribution in [0.1, 0.15) is 13.8 Å². The Hall–Kier alpha value is -2.14. The molecule has 0 aromatic rings. The van der Waals surface area contributed by atoms with Crippen molar-refractivity contribution < 1.29 is 54.9 Å². The van der Waals surface area contributed by atoms with Crippen molar-refractivity contribution in [1.29, 1.82) is 0 Å². The molecule has 0 radical (unpaired) electrons. The van der Waals surface area contributed by atoms with Gasteiger partial charge in [0.15, 0.2) is 0 Å². The van der Waals surface area contributed by atoms with Gasteiger partial charge in [0.1, 0.15) is 0 Å². The van der Waals surface area contributed by atoms with E-state index in [1.54, 1.807) is 0 Å². The molecule has 0 aromatic carbocycles. The molecule has 0 aliphatic carbocycles. The fourth-order valence-corrected chi connectivity index (χ4v) is 0.161. The van der Waals surface area contributed by atoms with Crippen LogP contribution in [0.25, 0.3) is 0 Å². The smallest absolute Gasteiger partial charge is 0.463 e. The summed E-state index contributed by atoms with van der Waals surface area (Å²) >= 11 is 0. The third-order valence-corrected chi connectivity index (χ3v) is 1.44. The third kappa shape index (κ3) is 11.1. The zero-order valence-electron chi connectivity index (χ0n) is 11.6. The van der Waals surface area contributed by atoms with Crippen molar-refractivity contribution in [2.45, 2.75) is 32.1 Å². The summed E-state index contributed by atoms with van der Waals surface area (Å²) in [6, 6.07) is 0. The van der Waals surface area contributed by atoms with Crippen LogP contribution in [0.5, 0.6) is 0 Å². The quantitative estimate of drug-likeness (QED) is 0.576. The van der Waals surface area contributed by atoms with Crippen LogP contribution in [0.4, 0.5) is 35.1 Å². The summed E-state index contributed by atoms with van der Waals surface area (Å²) in [4.78, 5) is 19.2. The number of rotatable bonds is 2. The van der Waals surface area contributed by atoms with Crippen LogP contribution < -0.4 is 0 Å². The van der Waals surface area contributed by atoms with Crippen molar-refractivity contribution >= 4 is 11.9 Å². The Morgan fingerprint density at radius 3 is 0.826 bits per heavy atom. The molecule has 0 amide bonds. The van der Waals surface area contributed by atoms with Crippen LogP contribution in [0.3, 0.4) is 0 Å². The van der Waals surface area contributed by atoms with Gasteiger partial charge in [-0.3, -0.25) is 0 Å². The van der Waals surface area contributed by atoms with E-state index in [4.69, 9.17) is 10.2 Å². The highest BCUT2D eigenvalue weighted by Crippen LogP contribution is 2.46. The minimum absolute atomic E-state index is 0.176. The Morgan fingerprint density at radius 1 is 0.696 bits per heavy atom. The van der Waals surface area contributed by atoms with Gasteiger partial charge in [-0.05, 0) is 13.8 Å². The normalized spacial score (nSPS) is 11.2. The van der Waals surface area contributed by atoms with E-state index in [1.807, 2.05) is 0 Å². The van der Waals surface area contributed by atoms with Crippen molar-refractivity contribution in [3.63, 3.8) is 0 Å². The minimum atomic E-state index is -6.62. The maximum absolute atomic E-state index is 11.2. The average Bonchev–Trinajstić information content (AvgIpc) is 2.27. The van der Waals surface area contributed by atoms with Gasteiger partial charge in [-0.1, -0.05) is 13.2 Å². The molecule has 0 spiro atoms. The first-order chi connectivity index (χ1) is 9.79. The number of alkyl halides is 8. The van der Waals surface area contributed by atoms with Gasteiger partial charge in [-0.25, -0.2) is 9.59 Å². The molecule has 0 bridgehead atoms. The van der Waals surface area contributed by atoms with Crippen molar-refractivity contribution in [2.24, 2.45) is 0 Å². The second-order valence-electron chi connectivity index (χ2n) is 3.74. The van der Waals surface area contributed by atoms with E-state index < -0.39 is 30.2 Å². The van der Waals surface area contributed by atoms with Gasteiger partial charge in [0.05, 0.1) is 0 Å². The molecule has 0 fully saturated rings. The highest BCUT2D eigenvalue weighted by molar-refractivity contribution is 5.85. The molecule has 0 unspecified atom stereocenters. The minimum Gasteiger partial charge on any atom is -0.478 e. The molecule has 0 aliphatic heterocycles. The number of hydrogen-bond donors (Lipinski definition) is 2. The average molecular weight is 360 g/mol. The van der Waals surface area contributed by atoms with Crippen LogP contribution in [0.2, 0.25) is 0 Å². The highest BCUT2D eigenvalue weighted by Gasteiger charge is 2.74. The van der Waals surface area contributed by atoms with Crippen LogP contribution >= 0.6 is 0 Å². The van der Waals surface area contributed by atoms with Crippen LogP contribution in [0, 0.1) is 0 Å². The summed E-state index contributed by atoms with van der Waals surface area (Å²) in [5, 5.41) is 15.8. The topological polar surface area (TPSA) is 74.6 Å². The SMILES string of the molecule is C=C(C)C(=O)O.C=C(C)C(=O)O.FC(F)(F)C(F)(F)C(F)(F)F. The first-order valence-corrected chi connectivity index (χ1v) is 5.07. The molecule has 0 saturated heterocycles. The Bertz CT molecular complexity index is 384. The molecular formula is C11H12F8O4. The molecule has 136 valence electrons. The van der Waals surface area contributed by atoms with E-state index in [-0.39, 0.29) is 11.1 Å². The predicted octanol–water partition coefficient (Wildman–Crippen LogP) is 4.04. The summed E-state index contributed by atoms with van der Waals surface area (Å²) in [7, 11) is 0. The number of carbonyl (C=O) groups is 2. The number of aliphatic carboxylic acids is 2. The molecule has 0 atom stereocenters. The van der Waals surface area contributed by atoms with Gasteiger partial charge in [0, 0.05) is 11.1 Å². The maximum atomic E-state index is 11.2. The lowest BCUT2D eigenvalue weighted by molar-refractivity contribution is -0.389. The summed E-state index contributed by atoms with van der Waals surface area (Å²) in [6.07, 6.45) is -13.2. The van der Waals surface area contributed by atoms with Gasteiger partial charge in [0.25, 0.3) is 0 Å². The number of carboxylic acids is 2. The molecule has 0 rings (SSSR count). The first kappa shape index (κ1) is 25.8. The van der Waals surface area contributed by atoms with Crippen molar-refractivity contribution in [3.05, 3.63) is 24.3 Å². The lowest BCUT2D eigenvalue weighted by atomic mass is 10.3. The van der Waals surface area contributed by atoms with Crippen molar-refractivity contribution in [1.82, 2.24) is 0 Å². The molecule has 0 saturated carbocycles. The van der Waals surface area contributed by atoms with E-state index in [0.29, 0.717) is 0 Å². The molecular weight excluding hydrogens is 348 g/mol.